The Kier molecular flexibility index (Phi) is 5.35. The number of carbonyl (C=O) groups excluding carboxylic acids is 1. The van der Waals surface area contributed by atoms with Gasteiger partial charge in [-0.15, -0.1) is 0 Å². The fourth-order valence-corrected chi connectivity index (χ4v) is 3.88. The van der Waals surface area contributed by atoms with Crippen LogP contribution in [0.4, 0.5) is 0 Å². The maximum Gasteiger partial charge on any atom is 0.258 e. The molecule has 7 heteroatoms. The average molecular weight is 423 g/mol. The average Bonchev–Trinajstić information content (AvgIpc) is 3.00. The van der Waals surface area contributed by atoms with Crippen LogP contribution in [-0.4, -0.2) is 32.3 Å². The van der Waals surface area contributed by atoms with Gasteiger partial charge >= 0.3 is 0 Å². The molecule has 2 aromatic heterocycles. The molecule has 0 saturated heterocycles. The Bertz CT molecular complexity index is 1320. The molecule has 6 nitrogen and oxygen atoms in total. The monoisotopic (exact) mass is 422 g/mol. The maximum atomic E-state index is 13.3. The molecule has 2 N–H and O–H groups in total. The van der Waals surface area contributed by atoms with Crippen LogP contribution >= 0.6 is 11.6 Å². The molecular weight excluding hydrogens is 400 g/mol. The van der Waals surface area contributed by atoms with Gasteiger partial charge in [0.1, 0.15) is 5.82 Å². The van der Waals surface area contributed by atoms with Gasteiger partial charge in [0, 0.05) is 33.7 Å². The summed E-state index contributed by atoms with van der Waals surface area (Å²) in [5, 5.41) is 2.03. The van der Waals surface area contributed by atoms with Gasteiger partial charge in [-0.05, 0) is 62.2 Å². The van der Waals surface area contributed by atoms with Crippen molar-refractivity contribution in [1.82, 2.24) is 19.9 Å². The Morgan fingerprint density at radius 2 is 1.90 bits per heavy atom. The topological polar surface area (TPSA) is 81.8 Å². The smallest absolute Gasteiger partial charge is 0.258 e. The SMILES string of the molecule is CCCN(Cc1nc2cc(Cl)ccc2c(=O)[nH]1)C(=O)c1ccc2[nH]c(C)c(C)c2c1. The molecular formula is C23H23ClN4O2. The summed E-state index contributed by atoms with van der Waals surface area (Å²) >= 11 is 6.05. The number of aryl methyl sites for hydroxylation is 2. The van der Waals surface area contributed by atoms with Crippen molar-refractivity contribution in [3.05, 3.63) is 74.4 Å². The molecule has 0 saturated carbocycles. The van der Waals surface area contributed by atoms with Crippen molar-refractivity contribution in [3.63, 3.8) is 0 Å². The molecule has 0 aliphatic carbocycles. The Hall–Kier alpha value is -3.12. The number of benzene rings is 2. The quantitative estimate of drug-likeness (QED) is 0.488. The summed E-state index contributed by atoms with van der Waals surface area (Å²) in [5.74, 6) is 0.345. The van der Waals surface area contributed by atoms with Crippen LogP contribution in [0.15, 0.2) is 41.2 Å². The van der Waals surface area contributed by atoms with Crippen LogP contribution in [0, 0.1) is 13.8 Å². The van der Waals surface area contributed by atoms with Crippen molar-refractivity contribution in [3.8, 4) is 0 Å². The van der Waals surface area contributed by atoms with E-state index >= 15 is 0 Å². The van der Waals surface area contributed by atoms with Crippen LogP contribution in [-0.2, 0) is 6.54 Å². The molecule has 2 aromatic carbocycles. The first-order chi connectivity index (χ1) is 14.4. The van der Waals surface area contributed by atoms with Crippen molar-refractivity contribution < 1.29 is 4.79 Å². The molecule has 0 aliphatic rings. The van der Waals surface area contributed by atoms with E-state index in [1.54, 1.807) is 23.1 Å². The summed E-state index contributed by atoms with van der Waals surface area (Å²) in [6.07, 6.45) is 0.792. The van der Waals surface area contributed by atoms with Crippen molar-refractivity contribution >= 4 is 39.3 Å². The van der Waals surface area contributed by atoms with E-state index in [1.807, 2.05) is 39.0 Å². The molecule has 1 amide bonds. The van der Waals surface area contributed by atoms with Crippen LogP contribution in [0.25, 0.3) is 21.8 Å². The van der Waals surface area contributed by atoms with E-state index in [0.717, 1.165) is 28.6 Å². The van der Waals surface area contributed by atoms with Crippen LogP contribution in [0.2, 0.25) is 5.02 Å². The molecule has 0 aliphatic heterocycles. The van der Waals surface area contributed by atoms with Gasteiger partial charge in [-0.1, -0.05) is 18.5 Å². The molecule has 0 spiro atoms. The second-order valence-electron chi connectivity index (χ2n) is 7.54. The second kappa shape index (κ2) is 7.95. The summed E-state index contributed by atoms with van der Waals surface area (Å²) < 4.78 is 0. The van der Waals surface area contributed by atoms with E-state index in [9.17, 15) is 9.59 Å². The van der Waals surface area contributed by atoms with E-state index < -0.39 is 0 Å². The standard InChI is InChI=1S/C23H23ClN4O2/c1-4-9-28(12-21-26-20-11-16(24)6-7-17(20)22(29)27-21)23(30)15-5-8-19-18(10-15)13(2)14(3)25-19/h5-8,10-11,25H,4,9,12H2,1-3H3,(H,26,27,29). The van der Waals surface area contributed by atoms with Crippen molar-refractivity contribution in [2.75, 3.05) is 6.54 Å². The first-order valence-corrected chi connectivity index (χ1v) is 10.3. The zero-order valence-electron chi connectivity index (χ0n) is 17.2. The summed E-state index contributed by atoms with van der Waals surface area (Å²) in [6.45, 7) is 6.85. The number of H-pyrrole nitrogens is 2. The van der Waals surface area contributed by atoms with Crippen LogP contribution in [0.3, 0.4) is 0 Å². The number of hydrogen-bond acceptors (Lipinski definition) is 3. The number of aromatic amines is 2. The third-order valence-electron chi connectivity index (χ3n) is 5.39. The minimum Gasteiger partial charge on any atom is -0.358 e. The van der Waals surface area contributed by atoms with Gasteiger partial charge in [-0.2, -0.15) is 0 Å². The third kappa shape index (κ3) is 3.71. The fraction of sp³-hybridized carbons (Fsp3) is 0.261. The summed E-state index contributed by atoms with van der Waals surface area (Å²) in [6, 6.07) is 10.7. The van der Waals surface area contributed by atoms with Gasteiger partial charge in [-0.3, -0.25) is 9.59 Å². The molecule has 2 heterocycles. The van der Waals surface area contributed by atoms with E-state index in [4.69, 9.17) is 11.6 Å². The highest BCUT2D eigenvalue weighted by atomic mass is 35.5. The number of aromatic nitrogens is 3. The molecule has 0 unspecified atom stereocenters. The Balaban J connectivity index is 1.68. The van der Waals surface area contributed by atoms with Crippen LogP contribution in [0.5, 0.6) is 0 Å². The molecule has 0 bridgehead atoms. The van der Waals surface area contributed by atoms with E-state index in [0.29, 0.717) is 33.9 Å². The highest BCUT2D eigenvalue weighted by Crippen LogP contribution is 2.23. The lowest BCUT2D eigenvalue weighted by Gasteiger charge is -2.22. The maximum absolute atomic E-state index is 13.3. The Labute approximate surface area is 178 Å². The summed E-state index contributed by atoms with van der Waals surface area (Å²) in [7, 11) is 0. The van der Waals surface area contributed by atoms with Crippen LogP contribution in [0.1, 0.15) is 40.8 Å². The Morgan fingerprint density at radius 1 is 1.10 bits per heavy atom. The first-order valence-electron chi connectivity index (χ1n) is 9.94. The molecule has 4 aromatic rings. The number of nitrogens with zero attached hydrogens (tertiary/aromatic N) is 2. The van der Waals surface area contributed by atoms with E-state index in [1.165, 1.54) is 0 Å². The van der Waals surface area contributed by atoms with Gasteiger partial charge in [-0.25, -0.2) is 4.98 Å². The zero-order chi connectivity index (χ0) is 21.4. The van der Waals surface area contributed by atoms with E-state index in [2.05, 4.69) is 15.0 Å². The van der Waals surface area contributed by atoms with Crippen molar-refractivity contribution in [2.45, 2.75) is 33.7 Å². The number of rotatable bonds is 5. The fourth-order valence-electron chi connectivity index (χ4n) is 3.72. The predicted octanol–water partition coefficient (Wildman–Crippen LogP) is 4.73. The molecule has 0 radical (unpaired) electrons. The molecule has 154 valence electrons. The number of carbonyl (C=O) groups is 1. The predicted molar refractivity (Wildman–Crippen MR) is 120 cm³/mol. The van der Waals surface area contributed by atoms with Crippen LogP contribution < -0.4 is 5.56 Å². The van der Waals surface area contributed by atoms with Gasteiger partial charge in [0.25, 0.3) is 11.5 Å². The molecule has 0 atom stereocenters. The Morgan fingerprint density at radius 3 is 2.67 bits per heavy atom. The van der Waals surface area contributed by atoms with Crippen molar-refractivity contribution in [1.29, 1.82) is 0 Å². The minimum atomic E-state index is -0.240. The number of amides is 1. The highest BCUT2D eigenvalue weighted by molar-refractivity contribution is 6.31. The number of halogens is 1. The summed E-state index contributed by atoms with van der Waals surface area (Å²) in [5.41, 5.74) is 4.14. The minimum absolute atomic E-state index is 0.0918. The normalized spacial score (nSPS) is 11.3. The largest absolute Gasteiger partial charge is 0.358 e. The molecule has 4 rings (SSSR count). The van der Waals surface area contributed by atoms with Gasteiger partial charge in [0.05, 0.1) is 17.4 Å². The van der Waals surface area contributed by atoms with Gasteiger partial charge < -0.3 is 14.9 Å². The van der Waals surface area contributed by atoms with Crippen molar-refractivity contribution in [2.24, 2.45) is 0 Å². The first kappa shape index (κ1) is 20.2. The summed E-state index contributed by atoms with van der Waals surface area (Å²) in [4.78, 5) is 38.1. The molecule has 30 heavy (non-hydrogen) atoms. The zero-order valence-corrected chi connectivity index (χ0v) is 17.9. The lowest BCUT2D eigenvalue weighted by molar-refractivity contribution is 0.0739. The number of hydrogen-bond donors (Lipinski definition) is 2. The van der Waals surface area contributed by atoms with Gasteiger partial charge in [0.15, 0.2) is 0 Å². The number of nitrogens with one attached hydrogen (secondary N) is 2. The van der Waals surface area contributed by atoms with Gasteiger partial charge in [0.2, 0.25) is 0 Å². The third-order valence-corrected chi connectivity index (χ3v) is 5.63. The van der Waals surface area contributed by atoms with E-state index in [-0.39, 0.29) is 18.0 Å². The molecule has 0 fully saturated rings. The lowest BCUT2D eigenvalue weighted by Crippen LogP contribution is -2.32. The second-order valence-corrected chi connectivity index (χ2v) is 7.97. The number of fused-ring (bicyclic) bond motifs is 2. The highest BCUT2D eigenvalue weighted by Gasteiger charge is 2.18. The lowest BCUT2D eigenvalue weighted by atomic mass is 10.1.